The Kier molecular flexibility index (Phi) is 1.11. The zero-order valence-electron chi connectivity index (χ0n) is 10.0. The Hall–Kier alpha value is -0.640. The monoisotopic (exact) mass is 227 g/mol. The molecule has 1 nitrogen and oxygen atoms in total. The topological polar surface area (TPSA) is 9.23 Å². The zero-order chi connectivity index (χ0) is 12.7. The lowest BCUT2D eigenvalue weighted by molar-refractivity contribution is 0.369. The Morgan fingerprint density at radius 3 is 3.00 bits per heavy atom. The third-order valence-corrected chi connectivity index (χ3v) is 1.53. The van der Waals surface area contributed by atoms with Crippen LogP contribution >= 0.6 is 15.9 Å². The maximum atomic E-state index is 13.3. The minimum Gasteiger partial charge on any atom is -0.492 e. The van der Waals surface area contributed by atoms with E-state index >= 15 is 0 Å². The van der Waals surface area contributed by atoms with Crippen molar-refractivity contribution in [1.29, 1.82) is 0 Å². The Morgan fingerprint density at radius 2 is 2.36 bits per heavy atom. The summed E-state index contributed by atoms with van der Waals surface area (Å²) >= 11 is 2.68. The summed E-state index contributed by atoms with van der Waals surface area (Å²) in [5.41, 5.74) is 0. The fourth-order valence-corrected chi connectivity index (χ4v) is 0.861. The largest absolute Gasteiger partial charge is 0.492 e. The summed E-state index contributed by atoms with van der Waals surface area (Å²) in [7, 11) is -2.97. The molecule has 1 aromatic carbocycles. The SMILES string of the molecule is [2H]c1c([2H])c(Br)c(OC([2H])([2H])[2H])c(F)c1F. The third-order valence-electron chi connectivity index (χ3n) is 0.975. The predicted molar refractivity (Wildman–Crippen MR) is 40.6 cm³/mol. The second-order valence-corrected chi connectivity index (χ2v) is 2.42. The number of hydrogen-bond acceptors (Lipinski definition) is 1. The van der Waals surface area contributed by atoms with Crippen molar-refractivity contribution in [2.24, 2.45) is 0 Å². The average Bonchev–Trinajstić information content (AvgIpc) is 2.17. The maximum Gasteiger partial charge on any atom is 0.201 e. The van der Waals surface area contributed by atoms with E-state index in [1.165, 1.54) is 0 Å². The molecule has 0 aliphatic rings. The minimum absolute atomic E-state index is 0.410. The van der Waals surface area contributed by atoms with Crippen LogP contribution in [-0.4, -0.2) is 7.04 Å². The molecule has 0 aliphatic carbocycles. The molecule has 1 aromatic rings. The smallest absolute Gasteiger partial charge is 0.201 e. The van der Waals surface area contributed by atoms with Crippen molar-refractivity contribution in [3.63, 3.8) is 0 Å². The second kappa shape index (κ2) is 3.17. The first-order valence-corrected chi connectivity index (χ1v) is 3.27. The maximum absolute atomic E-state index is 13.3. The lowest BCUT2D eigenvalue weighted by atomic mass is 10.3. The van der Waals surface area contributed by atoms with Crippen molar-refractivity contribution in [1.82, 2.24) is 0 Å². The van der Waals surface area contributed by atoms with Gasteiger partial charge in [0.15, 0.2) is 11.6 Å². The van der Waals surface area contributed by atoms with Gasteiger partial charge in [-0.2, -0.15) is 4.39 Å². The molecule has 0 spiro atoms. The molecule has 0 aliphatic heterocycles. The van der Waals surface area contributed by atoms with Crippen molar-refractivity contribution < 1.29 is 20.4 Å². The van der Waals surface area contributed by atoms with E-state index in [1.54, 1.807) is 0 Å². The summed E-state index contributed by atoms with van der Waals surface area (Å²) in [6, 6.07) is -1.65. The predicted octanol–water partition coefficient (Wildman–Crippen LogP) is 2.74. The number of halogens is 3. The van der Waals surface area contributed by atoms with Crippen LogP contribution < -0.4 is 4.74 Å². The first-order chi connectivity index (χ1) is 7.15. The molecule has 0 aromatic heterocycles. The summed E-state index contributed by atoms with van der Waals surface area (Å²) in [6.45, 7) is 0. The van der Waals surface area contributed by atoms with Crippen LogP contribution in [0, 0.1) is 11.6 Å². The van der Waals surface area contributed by atoms with Crippen LogP contribution in [0.1, 0.15) is 6.85 Å². The molecule has 4 heteroatoms. The second-order valence-electron chi connectivity index (χ2n) is 1.62. The van der Waals surface area contributed by atoms with Gasteiger partial charge in [-0.1, -0.05) is 0 Å². The van der Waals surface area contributed by atoms with Gasteiger partial charge in [0.25, 0.3) is 0 Å². The average molecular weight is 228 g/mol. The molecule has 0 amide bonds. The van der Waals surface area contributed by atoms with Crippen LogP contribution in [0.25, 0.3) is 0 Å². The first-order valence-electron chi connectivity index (χ1n) is 4.98. The van der Waals surface area contributed by atoms with Gasteiger partial charge in [0.05, 0.1) is 18.4 Å². The molecular weight excluding hydrogens is 218 g/mol. The molecule has 0 fully saturated rings. The van der Waals surface area contributed by atoms with Gasteiger partial charge in [0, 0.05) is 0 Å². The van der Waals surface area contributed by atoms with Gasteiger partial charge in [-0.15, -0.1) is 0 Å². The molecule has 11 heavy (non-hydrogen) atoms. The fourth-order valence-electron chi connectivity index (χ4n) is 0.507. The molecule has 0 bridgehead atoms. The number of benzene rings is 1. The summed E-state index contributed by atoms with van der Waals surface area (Å²) in [4.78, 5) is 0. The highest BCUT2D eigenvalue weighted by Crippen LogP contribution is 2.28. The summed E-state index contributed by atoms with van der Waals surface area (Å²) < 4.78 is 64.6. The van der Waals surface area contributed by atoms with Crippen LogP contribution in [0.5, 0.6) is 5.75 Å². The van der Waals surface area contributed by atoms with E-state index in [4.69, 9.17) is 6.85 Å². The van der Waals surface area contributed by atoms with Crippen molar-refractivity contribution in [2.45, 2.75) is 0 Å². The van der Waals surface area contributed by atoms with Crippen LogP contribution in [0.2, 0.25) is 0 Å². The van der Waals surface area contributed by atoms with Crippen LogP contribution in [0.4, 0.5) is 8.78 Å². The van der Waals surface area contributed by atoms with Crippen molar-refractivity contribution in [3.05, 3.63) is 28.2 Å². The molecule has 0 atom stereocenters. The van der Waals surface area contributed by atoms with Gasteiger partial charge in [-0.3, -0.25) is 0 Å². The number of rotatable bonds is 1. The van der Waals surface area contributed by atoms with Gasteiger partial charge < -0.3 is 4.74 Å². The summed E-state index contributed by atoms with van der Waals surface area (Å²) in [5, 5.41) is 0. The molecule has 0 saturated heterocycles. The van der Waals surface area contributed by atoms with Crippen LogP contribution in [-0.2, 0) is 0 Å². The van der Waals surface area contributed by atoms with Crippen molar-refractivity contribution >= 4 is 15.9 Å². The van der Waals surface area contributed by atoms with E-state index in [9.17, 15) is 8.78 Å². The highest BCUT2D eigenvalue weighted by atomic mass is 79.9. The minimum atomic E-state index is -2.97. The van der Waals surface area contributed by atoms with Gasteiger partial charge in [0.2, 0.25) is 5.82 Å². The lowest BCUT2D eigenvalue weighted by Gasteiger charge is -2.03. The Balaban J connectivity index is 3.40. The molecule has 0 N–H and O–H groups in total. The van der Waals surface area contributed by atoms with Gasteiger partial charge in [-0.25, -0.2) is 4.39 Å². The quantitative estimate of drug-likeness (QED) is 0.671. The summed E-state index contributed by atoms with van der Waals surface area (Å²) in [5.74, 6) is -4.16. The standard InChI is InChI=1S/C7H5BrF2O/c1-11-7-4(8)2-3-5(9)6(7)10/h2-3H,1H3/i1D3,2D,3D. The van der Waals surface area contributed by atoms with Crippen molar-refractivity contribution in [3.8, 4) is 5.75 Å². The number of ether oxygens (including phenoxy) is 1. The number of methoxy groups -OCH3 is 1. The van der Waals surface area contributed by atoms with E-state index in [-0.39, 0.29) is 0 Å². The van der Waals surface area contributed by atoms with Gasteiger partial charge >= 0.3 is 0 Å². The lowest BCUT2D eigenvalue weighted by Crippen LogP contribution is -1.92. The van der Waals surface area contributed by atoms with E-state index in [1.807, 2.05) is 0 Å². The van der Waals surface area contributed by atoms with E-state index in [0.29, 0.717) is 0 Å². The highest BCUT2D eigenvalue weighted by molar-refractivity contribution is 9.10. The fraction of sp³-hybridized carbons (Fsp3) is 0.143. The third kappa shape index (κ3) is 1.50. The highest BCUT2D eigenvalue weighted by Gasteiger charge is 2.11. The van der Waals surface area contributed by atoms with Crippen molar-refractivity contribution in [2.75, 3.05) is 7.04 Å². The molecule has 0 saturated carbocycles. The molecule has 0 unspecified atom stereocenters. The van der Waals surface area contributed by atoms with E-state index in [2.05, 4.69) is 20.7 Å². The molecule has 0 radical (unpaired) electrons. The van der Waals surface area contributed by atoms with Crippen LogP contribution in [0.3, 0.4) is 0 Å². The Morgan fingerprint density at radius 1 is 1.64 bits per heavy atom. The normalized spacial score (nSPS) is 17.5. The summed E-state index contributed by atoms with van der Waals surface area (Å²) in [6.07, 6.45) is 0. The zero-order valence-corrected chi connectivity index (χ0v) is 6.63. The van der Waals surface area contributed by atoms with E-state index < -0.39 is 41.0 Å². The van der Waals surface area contributed by atoms with Crippen LogP contribution in [0.15, 0.2) is 16.6 Å². The Labute approximate surface area is 78.1 Å². The molecule has 1 rings (SSSR count). The molecule has 60 valence electrons. The molecular formula is C7H5BrF2O. The van der Waals surface area contributed by atoms with E-state index in [0.717, 1.165) is 0 Å². The first kappa shape index (κ1) is 3.85. The molecule has 0 heterocycles. The number of hydrogen-bond donors (Lipinski definition) is 0. The Bertz CT molecular complexity index is 405. The van der Waals surface area contributed by atoms with Gasteiger partial charge in [0.1, 0.15) is 0 Å². The van der Waals surface area contributed by atoms with Gasteiger partial charge in [-0.05, 0) is 28.0 Å².